The predicted molar refractivity (Wildman–Crippen MR) is 80.8 cm³/mol. The fourth-order valence-electron chi connectivity index (χ4n) is 3.06. The Balaban J connectivity index is 1.75. The minimum Gasteiger partial charge on any atom is -0.376 e. The molecule has 0 aromatic rings. The molecule has 0 aromatic heterocycles. The van der Waals surface area contributed by atoms with Crippen LogP contribution in [0.3, 0.4) is 0 Å². The number of carbonyl (C=O) groups excluding carboxylic acids is 2. The number of likely N-dealkylation sites (tertiary alicyclic amines) is 1. The zero-order valence-corrected chi connectivity index (χ0v) is 13.3. The van der Waals surface area contributed by atoms with Crippen molar-refractivity contribution in [1.82, 2.24) is 9.80 Å². The van der Waals surface area contributed by atoms with E-state index in [1.807, 2.05) is 4.90 Å². The first-order valence-electron chi connectivity index (χ1n) is 8.21. The number of hydrogen-bond acceptors (Lipinski definition) is 3. The minimum atomic E-state index is 0.0329. The molecule has 2 amide bonds. The standard InChI is InChI=1S/C16H28N2O3/c1-13-5-8-17(9-6-13)16(20)7-10-18(14(2)19)12-15-4-3-11-21-15/h13,15H,3-12H2,1-2H3. The van der Waals surface area contributed by atoms with E-state index in [9.17, 15) is 9.59 Å². The highest BCUT2D eigenvalue weighted by molar-refractivity contribution is 5.78. The quantitative estimate of drug-likeness (QED) is 0.775. The van der Waals surface area contributed by atoms with Crippen LogP contribution in [-0.2, 0) is 14.3 Å². The number of nitrogens with zero attached hydrogens (tertiary/aromatic N) is 2. The molecule has 2 fully saturated rings. The summed E-state index contributed by atoms with van der Waals surface area (Å²) in [7, 11) is 0. The Hall–Kier alpha value is -1.10. The second-order valence-electron chi connectivity index (χ2n) is 6.41. The number of hydrogen-bond donors (Lipinski definition) is 0. The third kappa shape index (κ3) is 4.99. The molecule has 0 aliphatic carbocycles. The topological polar surface area (TPSA) is 49.9 Å². The van der Waals surface area contributed by atoms with Crippen molar-refractivity contribution in [1.29, 1.82) is 0 Å². The van der Waals surface area contributed by atoms with E-state index < -0.39 is 0 Å². The first-order valence-corrected chi connectivity index (χ1v) is 8.21. The smallest absolute Gasteiger partial charge is 0.224 e. The molecule has 2 heterocycles. The van der Waals surface area contributed by atoms with Gasteiger partial charge in [-0.3, -0.25) is 9.59 Å². The van der Waals surface area contributed by atoms with Crippen molar-refractivity contribution in [2.45, 2.75) is 52.1 Å². The molecule has 2 saturated heterocycles. The maximum Gasteiger partial charge on any atom is 0.224 e. The molecular formula is C16H28N2O3. The van der Waals surface area contributed by atoms with Crippen LogP contribution in [0.15, 0.2) is 0 Å². The van der Waals surface area contributed by atoms with Crippen LogP contribution < -0.4 is 0 Å². The average Bonchev–Trinajstić information content (AvgIpc) is 2.96. The van der Waals surface area contributed by atoms with Crippen LogP contribution in [0.1, 0.15) is 46.0 Å². The highest BCUT2D eigenvalue weighted by Crippen LogP contribution is 2.17. The maximum absolute atomic E-state index is 12.2. The maximum atomic E-state index is 12.2. The molecule has 2 rings (SSSR count). The van der Waals surface area contributed by atoms with Crippen LogP contribution in [0.5, 0.6) is 0 Å². The van der Waals surface area contributed by atoms with Crippen LogP contribution in [0.4, 0.5) is 0 Å². The number of rotatable bonds is 5. The molecule has 2 aliphatic heterocycles. The van der Waals surface area contributed by atoms with Crippen molar-refractivity contribution < 1.29 is 14.3 Å². The summed E-state index contributed by atoms with van der Waals surface area (Å²) < 4.78 is 5.58. The van der Waals surface area contributed by atoms with E-state index >= 15 is 0 Å². The lowest BCUT2D eigenvalue weighted by molar-refractivity contribution is -0.135. The van der Waals surface area contributed by atoms with Gasteiger partial charge in [0.05, 0.1) is 6.10 Å². The Bertz CT molecular complexity index is 359. The number of piperidine rings is 1. The normalized spacial score (nSPS) is 23.3. The Morgan fingerprint density at radius 3 is 2.52 bits per heavy atom. The van der Waals surface area contributed by atoms with Crippen LogP contribution in [0.2, 0.25) is 0 Å². The van der Waals surface area contributed by atoms with Crippen molar-refractivity contribution in [2.24, 2.45) is 5.92 Å². The second-order valence-corrected chi connectivity index (χ2v) is 6.41. The lowest BCUT2D eigenvalue weighted by atomic mass is 9.99. The monoisotopic (exact) mass is 296 g/mol. The first-order chi connectivity index (χ1) is 10.1. The number of ether oxygens (including phenoxy) is 1. The zero-order chi connectivity index (χ0) is 15.2. The lowest BCUT2D eigenvalue weighted by Gasteiger charge is -2.31. The summed E-state index contributed by atoms with van der Waals surface area (Å²) in [6.07, 6.45) is 4.86. The molecule has 120 valence electrons. The molecule has 0 N–H and O–H groups in total. The van der Waals surface area contributed by atoms with Gasteiger partial charge in [-0.15, -0.1) is 0 Å². The summed E-state index contributed by atoms with van der Waals surface area (Å²) in [6, 6.07) is 0. The molecule has 0 saturated carbocycles. The molecule has 0 spiro atoms. The highest BCUT2D eigenvalue weighted by Gasteiger charge is 2.23. The van der Waals surface area contributed by atoms with Gasteiger partial charge in [0.15, 0.2) is 0 Å². The largest absolute Gasteiger partial charge is 0.376 e. The molecule has 0 radical (unpaired) electrons. The van der Waals surface area contributed by atoms with E-state index in [4.69, 9.17) is 4.74 Å². The van der Waals surface area contributed by atoms with E-state index in [2.05, 4.69) is 6.92 Å². The Labute approximate surface area is 127 Å². The summed E-state index contributed by atoms with van der Waals surface area (Å²) in [4.78, 5) is 27.6. The van der Waals surface area contributed by atoms with Gasteiger partial charge < -0.3 is 14.5 Å². The lowest BCUT2D eigenvalue weighted by Crippen LogP contribution is -2.41. The van der Waals surface area contributed by atoms with E-state index in [0.29, 0.717) is 19.5 Å². The number of carbonyl (C=O) groups is 2. The van der Waals surface area contributed by atoms with Gasteiger partial charge >= 0.3 is 0 Å². The van der Waals surface area contributed by atoms with Gasteiger partial charge in [-0.25, -0.2) is 0 Å². The van der Waals surface area contributed by atoms with Gasteiger partial charge in [0.25, 0.3) is 0 Å². The second kappa shape index (κ2) is 7.78. The molecular weight excluding hydrogens is 268 g/mol. The minimum absolute atomic E-state index is 0.0329. The molecule has 1 unspecified atom stereocenters. The first kappa shape index (κ1) is 16.3. The summed E-state index contributed by atoms with van der Waals surface area (Å²) in [5, 5.41) is 0. The van der Waals surface area contributed by atoms with Crippen molar-refractivity contribution in [3.63, 3.8) is 0 Å². The van der Waals surface area contributed by atoms with Gasteiger partial charge in [-0.2, -0.15) is 0 Å². The summed E-state index contributed by atoms with van der Waals surface area (Å²) in [6.45, 7) is 7.47. The van der Waals surface area contributed by atoms with Crippen molar-refractivity contribution in [3.05, 3.63) is 0 Å². The Morgan fingerprint density at radius 2 is 1.95 bits per heavy atom. The van der Waals surface area contributed by atoms with E-state index in [1.54, 1.807) is 11.8 Å². The van der Waals surface area contributed by atoms with Crippen LogP contribution in [-0.4, -0.2) is 60.5 Å². The van der Waals surface area contributed by atoms with Gasteiger partial charge in [0.2, 0.25) is 11.8 Å². The third-order valence-electron chi connectivity index (χ3n) is 4.63. The van der Waals surface area contributed by atoms with E-state index in [1.165, 1.54) is 0 Å². The zero-order valence-electron chi connectivity index (χ0n) is 13.3. The summed E-state index contributed by atoms with van der Waals surface area (Å²) in [5.41, 5.74) is 0. The van der Waals surface area contributed by atoms with Gasteiger partial charge in [-0.1, -0.05) is 6.92 Å². The summed E-state index contributed by atoms with van der Waals surface area (Å²) in [5.74, 6) is 0.938. The molecule has 0 bridgehead atoms. The Kier molecular flexibility index (Phi) is 6.03. The number of amides is 2. The average molecular weight is 296 g/mol. The van der Waals surface area contributed by atoms with Crippen LogP contribution in [0, 0.1) is 5.92 Å². The Morgan fingerprint density at radius 1 is 1.24 bits per heavy atom. The van der Waals surface area contributed by atoms with Crippen molar-refractivity contribution >= 4 is 11.8 Å². The molecule has 1 atom stereocenters. The molecule has 21 heavy (non-hydrogen) atoms. The molecule has 5 nitrogen and oxygen atoms in total. The van der Waals surface area contributed by atoms with Gasteiger partial charge in [-0.05, 0) is 31.6 Å². The molecule has 5 heteroatoms. The molecule has 0 aromatic carbocycles. The van der Waals surface area contributed by atoms with Crippen LogP contribution in [0.25, 0.3) is 0 Å². The van der Waals surface area contributed by atoms with E-state index in [-0.39, 0.29) is 17.9 Å². The highest BCUT2D eigenvalue weighted by atomic mass is 16.5. The summed E-state index contributed by atoms with van der Waals surface area (Å²) >= 11 is 0. The van der Waals surface area contributed by atoms with Gasteiger partial charge in [0, 0.05) is 46.1 Å². The SMILES string of the molecule is CC(=O)N(CCC(=O)N1CCC(C)CC1)CC1CCCO1. The third-order valence-corrected chi connectivity index (χ3v) is 4.63. The van der Waals surface area contributed by atoms with Gasteiger partial charge in [0.1, 0.15) is 0 Å². The predicted octanol–water partition coefficient (Wildman–Crippen LogP) is 1.66. The fraction of sp³-hybridized carbons (Fsp3) is 0.875. The van der Waals surface area contributed by atoms with E-state index in [0.717, 1.165) is 51.3 Å². The molecule has 2 aliphatic rings. The van der Waals surface area contributed by atoms with Crippen molar-refractivity contribution in [2.75, 3.05) is 32.8 Å². The van der Waals surface area contributed by atoms with Crippen LogP contribution >= 0.6 is 0 Å². The fourth-order valence-corrected chi connectivity index (χ4v) is 3.06. The van der Waals surface area contributed by atoms with Crippen molar-refractivity contribution in [3.8, 4) is 0 Å².